The van der Waals surface area contributed by atoms with Crippen LogP contribution in [0.1, 0.15) is 11.1 Å². The number of halogens is 1. The van der Waals surface area contributed by atoms with Crippen molar-refractivity contribution in [3.05, 3.63) is 59.7 Å². The predicted molar refractivity (Wildman–Crippen MR) is 82.6 cm³/mol. The second kappa shape index (κ2) is 7.44. The average Bonchev–Trinajstić information content (AvgIpc) is 2.41. The van der Waals surface area contributed by atoms with Crippen molar-refractivity contribution in [3.8, 4) is 5.75 Å². The van der Waals surface area contributed by atoms with Gasteiger partial charge in [0.05, 0.1) is 19.0 Å². The topological polar surface area (TPSA) is 33.6 Å². The molecule has 0 aliphatic rings. The molecule has 0 atom stereocenters. The van der Waals surface area contributed by atoms with Crippen LogP contribution in [0, 0.1) is 6.92 Å². The number of methoxy groups -OCH3 is 1. The summed E-state index contributed by atoms with van der Waals surface area (Å²) >= 11 is 0. The van der Waals surface area contributed by atoms with Gasteiger partial charge in [0, 0.05) is 0 Å². The van der Waals surface area contributed by atoms with Crippen molar-refractivity contribution < 1.29 is 4.74 Å². The third-order valence-electron chi connectivity index (χ3n) is 2.55. The van der Waals surface area contributed by atoms with E-state index in [0.29, 0.717) is 0 Å². The summed E-state index contributed by atoms with van der Waals surface area (Å²) in [5.41, 5.74) is 6.19. The van der Waals surface area contributed by atoms with Crippen LogP contribution in [0.5, 0.6) is 5.75 Å². The van der Waals surface area contributed by atoms with E-state index < -0.39 is 0 Å². The van der Waals surface area contributed by atoms with E-state index in [0.717, 1.165) is 17.0 Å². The first-order valence-electron chi connectivity index (χ1n) is 5.78. The van der Waals surface area contributed by atoms with Gasteiger partial charge in [0.1, 0.15) is 5.75 Å². The van der Waals surface area contributed by atoms with Gasteiger partial charge in [-0.15, -0.1) is 12.4 Å². The Morgan fingerprint density at radius 3 is 2.53 bits per heavy atom. The van der Waals surface area contributed by atoms with Gasteiger partial charge in [-0.25, -0.2) is 0 Å². The van der Waals surface area contributed by atoms with E-state index in [9.17, 15) is 0 Å². The number of rotatable bonds is 4. The van der Waals surface area contributed by atoms with Crippen molar-refractivity contribution in [2.45, 2.75) is 6.92 Å². The highest BCUT2D eigenvalue weighted by atomic mass is 35.5. The Hall–Kier alpha value is -2.00. The van der Waals surface area contributed by atoms with Gasteiger partial charge in [-0.05, 0) is 36.8 Å². The van der Waals surface area contributed by atoms with E-state index in [4.69, 9.17) is 4.74 Å². The first kappa shape index (κ1) is 15.1. The van der Waals surface area contributed by atoms with E-state index in [-0.39, 0.29) is 12.4 Å². The number of ether oxygens (including phenoxy) is 1. The summed E-state index contributed by atoms with van der Waals surface area (Å²) in [5, 5.41) is 4.19. The fourth-order valence-electron chi connectivity index (χ4n) is 1.53. The molecule has 0 radical (unpaired) electrons. The monoisotopic (exact) mass is 276 g/mol. The molecule has 2 aromatic carbocycles. The molecule has 2 rings (SSSR count). The van der Waals surface area contributed by atoms with Crippen molar-refractivity contribution in [3.63, 3.8) is 0 Å². The Kier molecular flexibility index (Phi) is 5.90. The molecular weight excluding hydrogens is 260 g/mol. The van der Waals surface area contributed by atoms with E-state index in [1.54, 1.807) is 13.3 Å². The Morgan fingerprint density at radius 2 is 1.84 bits per heavy atom. The van der Waals surface area contributed by atoms with Crippen LogP contribution in [-0.4, -0.2) is 13.3 Å². The smallest absolute Gasteiger partial charge is 0.119 e. The number of nitrogens with one attached hydrogen (secondary N) is 1. The lowest BCUT2D eigenvalue weighted by atomic mass is 10.2. The lowest BCUT2D eigenvalue weighted by Gasteiger charge is -2.01. The maximum Gasteiger partial charge on any atom is 0.119 e. The molecule has 19 heavy (non-hydrogen) atoms. The zero-order chi connectivity index (χ0) is 12.8. The Bertz CT molecular complexity index is 538. The molecule has 0 aliphatic carbocycles. The molecule has 0 aromatic heterocycles. The van der Waals surface area contributed by atoms with E-state index >= 15 is 0 Å². The van der Waals surface area contributed by atoms with E-state index in [1.807, 2.05) is 48.5 Å². The SMILES string of the molecule is COc1cccc(/C=N/Nc2ccc(C)cc2)c1.Cl. The molecule has 0 aliphatic heterocycles. The maximum absolute atomic E-state index is 5.15. The second-order valence-electron chi connectivity index (χ2n) is 4.01. The van der Waals surface area contributed by atoms with Crippen LogP contribution in [0.15, 0.2) is 53.6 Å². The zero-order valence-corrected chi connectivity index (χ0v) is 11.8. The van der Waals surface area contributed by atoms with Crippen LogP contribution in [0.4, 0.5) is 5.69 Å². The molecule has 0 saturated carbocycles. The molecule has 1 N–H and O–H groups in total. The second-order valence-corrected chi connectivity index (χ2v) is 4.01. The number of anilines is 1. The normalized spacial score (nSPS) is 10.0. The molecule has 0 unspecified atom stereocenters. The molecule has 0 fully saturated rings. The fraction of sp³-hybridized carbons (Fsp3) is 0.133. The highest BCUT2D eigenvalue weighted by molar-refractivity contribution is 5.85. The largest absolute Gasteiger partial charge is 0.497 e. The van der Waals surface area contributed by atoms with E-state index in [1.165, 1.54) is 5.56 Å². The molecule has 100 valence electrons. The molecule has 0 saturated heterocycles. The first-order chi connectivity index (χ1) is 8.78. The molecule has 2 aromatic rings. The summed E-state index contributed by atoms with van der Waals surface area (Å²) in [4.78, 5) is 0. The lowest BCUT2D eigenvalue weighted by Crippen LogP contribution is -1.91. The minimum atomic E-state index is 0. The molecular formula is C15H17ClN2O. The zero-order valence-electron chi connectivity index (χ0n) is 11.0. The van der Waals surface area contributed by atoms with Gasteiger partial charge in [0.25, 0.3) is 0 Å². The summed E-state index contributed by atoms with van der Waals surface area (Å²) in [6.45, 7) is 2.06. The highest BCUT2D eigenvalue weighted by Gasteiger charge is 1.92. The van der Waals surface area contributed by atoms with Gasteiger partial charge in [-0.2, -0.15) is 5.10 Å². The minimum Gasteiger partial charge on any atom is -0.497 e. The van der Waals surface area contributed by atoms with Crippen LogP contribution in [0.25, 0.3) is 0 Å². The van der Waals surface area contributed by atoms with Crippen LogP contribution in [0.2, 0.25) is 0 Å². The fourth-order valence-corrected chi connectivity index (χ4v) is 1.53. The van der Waals surface area contributed by atoms with Gasteiger partial charge in [0.2, 0.25) is 0 Å². The van der Waals surface area contributed by atoms with Gasteiger partial charge >= 0.3 is 0 Å². The Balaban J connectivity index is 0.00000180. The summed E-state index contributed by atoms with van der Waals surface area (Å²) < 4.78 is 5.15. The summed E-state index contributed by atoms with van der Waals surface area (Å²) in [7, 11) is 1.65. The molecule has 4 heteroatoms. The molecule has 3 nitrogen and oxygen atoms in total. The van der Waals surface area contributed by atoms with Gasteiger partial charge in [0.15, 0.2) is 0 Å². The molecule has 0 heterocycles. The number of hydrogen-bond donors (Lipinski definition) is 1. The molecule has 0 spiro atoms. The minimum absolute atomic E-state index is 0. The molecule has 0 bridgehead atoms. The van der Waals surface area contributed by atoms with Gasteiger partial charge in [-0.3, -0.25) is 5.43 Å². The van der Waals surface area contributed by atoms with Gasteiger partial charge in [-0.1, -0.05) is 29.8 Å². The quantitative estimate of drug-likeness (QED) is 0.679. The lowest BCUT2D eigenvalue weighted by molar-refractivity contribution is 0.415. The Morgan fingerprint density at radius 1 is 1.11 bits per heavy atom. The van der Waals surface area contributed by atoms with Crippen molar-refractivity contribution in [2.24, 2.45) is 5.10 Å². The van der Waals surface area contributed by atoms with E-state index in [2.05, 4.69) is 17.5 Å². The predicted octanol–water partition coefficient (Wildman–Crippen LogP) is 3.87. The van der Waals surface area contributed by atoms with Crippen LogP contribution in [0.3, 0.4) is 0 Å². The maximum atomic E-state index is 5.15. The number of hydrogen-bond acceptors (Lipinski definition) is 3. The van der Waals surface area contributed by atoms with Crippen molar-refractivity contribution in [2.75, 3.05) is 12.5 Å². The van der Waals surface area contributed by atoms with Gasteiger partial charge < -0.3 is 4.74 Å². The number of nitrogens with zero attached hydrogens (tertiary/aromatic N) is 1. The Labute approximate surface area is 119 Å². The number of benzene rings is 2. The van der Waals surface area contributed by atoms with Crippen LogP contribution < -0.4 is 10.2 Å². The van der Waals surface area contributed by atoms with Crippen LogP contribution >= 0.6 is 12.4 Å². The third kappa shape index (κ3) is 4.64. The average molecular weight is 277 g/mol. The summed E-state index contributed by atoms with van der Waals surface area (Å²) in [6.07, 6.45) is 1.77. The first-order valence-corrected chi connectivity index (χ1v) is 5.78. The highest BCUT2D eigenvalue weighted by Crippen LogP contribution is 2.11. The molecule has 0 amide bonds. The summed E-state index contributed by atoms with van der Waals surface area (Å²) in [6, 6.07) is 15.8. The van der Waals surface area contributed by atoms with Crippen molar-refractivity contribution >= 4 is 24.3 Å². The standard InChI is InChI=1S/C15H16N2O.ClH/c1-12-6-8-14(9-7-12)17-16-11-13-4-3-5-15(10-13)18-2;/h3-11,17H,1-2H3;1H/b16-11+;. The third-order valence-corrected chi connectivity index (χ3v) is 2.55. The van der Waals surface area contributed by atoms with Crippen LogP contribution in [-0.2, 0) is 0 Å². The van der Waals surface area contributed by atoms with Crippen molar-refractivity contribution in [1.82, 2.24) is 0 Å². The van der Waals surface area contributed by atoms with Crippen molar-refractivity contribution in [1.29, 1.82) is 0 Å². The summed E-state index contributed by atoms with van der Waals surface area (Å²) in [5.74, 6) is 0.828. The number of aryl methyl sites for hydroxylation is 1. The number of hydrazone groups is 1.